The van der Waals surface area contributed by atoms with Gasteiger partial charge in [-0.15, -0.1) is 0 Å². The van der Waals surface area contributed by atoms with Crippen LogP contribution in [0.5, 0.6) is 5.75 Å². The number of hydrogen-bond acceptors (Lipinski definition) is 2. The lowest BCUT2D eigenvalue weighted by Gasteiger charge is -2.32. The van der Waals surface area contributed by atoms with Gasteiger partial charge in [0, 0.05) is 12.5 Å². The van der Waals surface area contributed by atoms with E-state index in [1.807, 2.05) is 0 Å². The van der Waals surface area contributed by atoms with E-state index < -0.39 is 0 Å². The molecule has 0 aliphatic heterocycles. The maximum atomic E-state index is 9.12. The number of aryl methyl sites for hydroxylation is 1. The van der Waals surface area contributed by atoms with Crippen molar-refractivity contribution in [3.8, 4) is 5.75 Å². The summed E-state index contributed by atoms with van der Waals surface area (Å²) in [5.74, 6) is 1.93. The number of hydrogen-bond donors (Lipinski definition) is 1. The van der Waals surface area contributed by atoms with Gasteiger partial charge in [-0.3, -0.25) is 0 Å². The van der Waals surface area contributed by atoms with E-state index in [1.165, 1.54) is 23.1 Å². The molecule has 0 spiro atoms. The molecular formula is C17H24O2. The van der Waals surface area contributed by atoms with Crippen LogP contribution in [0.25, 0.3) is 0 Å². The average molecular weight is 260 g/mol. The molecule has 0 aromatic heterocycles. The zero-order valence-electron chi connectivity index (χ0n) is 12.2. The van der Waals surface area contributed by atoms with Crippen LogP contribution >= 0.6 is 0 Å². The highest BCUT2D eigenvalue weighted by Gasteiger charge is 2.27. The van der Waals surface area contributed by atoms with Gasteiger partial charge in [0.1, 0.15) is 5.75 Å². The first-order valence-electron chi connectivity index (χ1n) is 7.05. The molecule has 104 valence electrons. The number of fused-ring (bicyclic) bond motifs is 1. The maximum absolute atomic E-state index is 9.12. The normalized spacial score (nSPS) is 21.9. The molecule has 0 unspecified atom stereocenters. The lowest BCUT2D eigenvalue weighted by Crippen LogP contribution is -2.15. The van der Waals surface area contributed by atoms with Crippen molar-refractivity contribution in [2.45, 2.75) is 44.9 Å². The summed E-state index contributed by atoms with van der Waals surface area (Å²) in [5.41, 5.74) is 5.10. The topological polar surface area (TPSA) is 29.5 Å². The van der Waals surface area contributed by atoms with Crippen molar-refractivity contribution in [3.63, 3.8) is 0 Å². The van der Waals surface area contributed by atoms with Gasteiger partial charge in [-0.1, -0.05) is 25.1 Å². The number of ether oxygens (including phenoxy) is 1. The minimum Gasteiger partial charge on any atom is -0.496 e. The fourth-order valence-corrected chi connectivity index (χ4v) is 3.14. The summed E-state index contributed by atoms with van der Waals surface area (Å²) < 4.78 is 5.44. The monoisotopic (exact) mass is 260 g/mol. The SMILES string of the molecule is C=C(CCO)[C@H]1CC[C@H](C)c2cc(OC)c(C)cc21. The van der Waals surface area contributed by atoms with Gasteiger partial charge in [-0.2, -0.15) is 0 Å². The quantitative estimate of drug-likeness (QED) is 0.831. The third kappa shape index (κ3) is 2.69. The van der Waals surface area contributed by atoms with Crippen LogP contribution in [0, 0.1) is 6.92 Å². The molecule has 1 aliphatic rings. The van der Waals surface area contributed by atoms with Crippen molar-refractivity contribution in [1.82, 2.24) is 0 Å². The van der Waals surface area contributed by atoms with Crippen LogP contribution in [0.1, 0.15) is 54.7 Å². The summed E-state index contributed by atoms with van der Waals surface area (Å²) in [6.07, 6.45) is 3.01. The summed E-state index contributed by atoms with van der Waals surface area (Å²) in [5, 5.41) is 9.12. The Balaban J connectivity index is 2.44. The molecule has 0 radical (unpaired) electrons. The highest BCUT2D eigenvalue weighted by atomic mass is 16.5. The molecule has 2 nitrogen and oxygen atoms in total. The third-order valence-corrected chi connectivity index (χ3v) is 4.32. The second-order valence-corrected chi connectivity index (χ2v) is 5.61. The molecule has 0 saturated carbocycles. The van der Waals surface area contributed by atoms with Crippen molar-refractivity contribution >= 4 is 0 Å². The van der Waals surface area contributed by atoms with Crippen LogP contribution in [-0.4, -0.2) is 18.8 Å². The molecular weight excluding hydrogens is 236 g/mol. The molecule has 1 aliphatic carbocycles. The first-order valence-corrected chi connectivity index (χ1v) is 7.05. The number of aliphatic hydroxyl groups excluding tert-OH is 1. The van der Waals surface area contributed by atoms with Gasteiger partial charge in [0.2, 0.25) is 0 Å². The molecule has 2 heteroatoms. The highest BCUT2D eigenvalue weighted by Crippen LogP contribution is 2.44. The second kappa shape index (κ2) is 5.79. The van der Waals surface area contributed by atoms with E-state index in [1.54, 1.807) is 7.11 Å². The zero-order valence-corrected chi connectivity index (χ0v) is 12.2. The Morgan fingerprint density at radius 3 is 2.74 bits per heavy atom. The average Bonchev–Trinajstić information content (AvgIpc) is 2.38. The predicted molar refractivity (Wildman–Crippen MR) is 79.0 cm³/mol. The summed E-state index contributed by atoms with van der Waals surface area (Å²) >= 11 is 0. The van der Waals surface area contributed by atoms with E-state index in [9.17, 15) is 0 Å². The Hall–Kier alpha value is -1.28. The number of aliphatic hydroxyl groups is 1. The Bertz CT molecular complexity index is 476. The van der Waals surface area contributed by atoms with Crippen LogP contribution in [0.3, 0.4) is 0 Å². The van der Waals surface area contributed by atoms with Gasteiger partial charge in [0.05, 0.1) is 7.11 Å². The molecule has 2 atom stereocenters. The van der Waals surface area contributed by atoms with Crippen molar-refractivity contribution in [1.29, 1.82) is 0 Å². The van der Waals surface area contributed by atoms with Crippen LogP contribution in [0.15, 0.2) is 24.3 Å². The van der Waals surface area contributed by atoms with Crippen molar-refractivity contribution in [2.24, 2.45) is 0 Å². The third-order valence-electron chi connectivity index (χ3n) is 4.32. The van der Waals surface area contributed by atoms with Gasteiger partial charge in [0.25, 0.3) is 0 Å². The molecule has 0 amide bonds. The van der Waals surface area contributed by atoms with Crippen LogP contribution < -0.4 is 4.74 Å². The molecule has 1 aromatic carbocycles. The molecule has 19 heavy (non-hydrogen) atoms. The predicted octanol–water partition coefficient (Wildman–Crippen LogP) is 3.92. The maximum Gasteiger partial charge on any atom is 0.122 e. The molecule has 1 aromatic rings. The van der Waals surface area contributed by atoms with Crippen LogP contribution in [0.4, 0.5) is 0 Å². The van der Waals surface area contributed by atoms with E-state index in [-0.39, 0.29) is 6.61 Å². The lowest BCUT2D eigenvalue weighted by molar-refractivity contribution is 0.295. The minimum absolute atomic E-state index is 0.190. The van der Waals surface area contributed by atoms with Crippen LogP contribution in [0.2, 0.25) is 0 Å². The van der Waals surface area contributed by atoms with E-state index in [4.69, 9.17) is 9.84 Å². The number of methoxy groups -OCH3 is 1. The summed E-state index contributed by atoms with van der Waals surface area (Å²) in [4.78, 5) is 0. The van der Waals surface area contributed by atoms with E-state index >= 15 is 0 Å². The summed E-state index contributed by atoms with van der Waals surface area (Å²) in [7, 11) is 1.73. The lowest BCUT2D eigenvalue weighted by atomic mass is 9.73. The molecule has 0 saturated heterocycles. The molecule has 1 N–H and O–H groups in total. The Kier molecular flexibility index (Phi) is 4.31. The van der Waals surface area contributed by atoms with Crippen molar-refractivity contribution in [3.05, 3.63) is 41.0 Å². The zero-order chi connectivity index (χ0) is 14.0. The second-order valence-electron chi connectivity index (χ2n) is 5.61. The largest absolute Gasteiger partial charge is 0.496 e. The van der Waals surface area contributed by atoms with Gasteiger partial charge in [-0.25, -0.2) is 0 Å². The van der Waals surface area contributed by atoms with Gasteiger partial charge < -0.3 is 9.84 Å². The Labute approximate surface area is 116 Å². The minimum atomic E-state index is 0.190. The first kappa shape index (κ1) is 14.1. The molecule has 0 heterocycles. The smallest absolute Gasteiger partial charge is 0.122 e. The first-order chi connectivity index (χ1) is 9.08. The fraction of sp³-hybridized carbons (Fsp3) is 0.529. The Morgan fingerprint density at radius 2 is 2.11 bits per heavy atom. The highest BCUT2D eigenvalue weighted by molar-refractivity contribution is 5.48. The Morgan fingerprint density at radius 1 is 1.37 bits per heavy atom. The van der Waals surface area contributed by atoms with Gasteiger partial charge >= 0.3 is 0 Å². The molecule has 0 fully saturated rings. The van der Waals surface area contributed by atoms with E-state index in [0.717, 1.165) is 17.7 Å². The standard InChI is InChI=1S/C17H24O2/c1-11-5-6-14(12(2)7-8-18)16-9-13(3)17(19-4)10-15(11)16/h9-11,14,18H,2,5-8H2,1,3-4H3/t11-,14+/m0/s1. The summed E-state index contributed by atoms with van der Waals surface area (Å²) in [6, 6.07) is 4.44. The van der Waals surface area contributed by atoms with E-state index in [2.05, 4.69) is 32.6 Å². The summed E-state index contributed by atoms with van der Waals surface area (Å²) in [6.45, 7) is 8.73. The number of rotatable bonds is 4. The van der Waals surface area contributed by atoms with Crippen molar-refractivity contribution < 1.29 is 9.84 Å². The molecule has 2 rings (SSSR count). The molecule has 0 bridgehead atoms. The fourth-order valence-electron chi connectivity index (χ4n) is 3.14. The number of benzene rings is 1. The van der Waals surface area contributed by atoms with Gasteiger partial charge in [0.15, 0.2) is 0 Å². The van der Waals surface area contributed by atoms with Gasteiger partial charge in [-0.05, 0) is 54.9 Å². The van der Waals surface area contributed by atoms with Crippen molar-refractivity contribution in [2.75, 3.05) is 13.7 Å². The van der Waals surface area contributed by atoms with E-state index in [0.29, 0.717) is 18.3 Å². The van der Waals surface area contributed by atoms with Crippen LogP contribution in [-0.2, 0) is 0 Å².